The van der Waals surface area contributed by atoms with Crippen molar-refractivity contribution in [2.75, 3.05) is 0 Å². The van der Waals surface area contributed by atoms with Crippen molar-refractivity contribution in [2.45, 2.75) is 17.2 Å². The number of ketones is 1. The molecule has 0 fully saturated rings. The Hall–Kier alpha value is -1.06. The predicted molar refractivity (Wildman–Crippen MR) is 61.7 cm³/mol. The second kappa shape index (κ2) is 5.32. The number of carbonyl (C=O) groups excluding carboxylic acids is 1. The minimum absolute atomic E-state index is 0.216. The number of aliphatic carboxylic acids is 1. The molecule has 0 aliphatic heterocycles. The molecule has 0 amide bonds. The second-order valence-corrected chi connectivity index (χ2v) is 4.84. The first kappa shape index (κ1) is 13.0. The summed E-state index contributed by atoms with van der Waals surface area (Å²) in [5.74, 6) is -1.68. The Labute approximate surface area is 103 Å². The molecular formula is C11H10Cl2O3. The number of hydrogen-bond donors (Lipinski definition) is 1. The zero-order chi connectivity index (χ0) is 12.2. The van der Waals surface area contributed by atoms with Crippen LogP contribution in [-0.4, -0.2) is 16.9 Å². The van der Waals surface area contributed by atoms with Crippen molar-refractivity contribution in [2.24, 2.45) is 0 Å². The van der Waals surface area contributed by atoms with Crippen LogP contribution in [0.5, 0.6) is 0 Å². The molecule has 16 heavy (non-hydrogen) atoms. The minimum Gasteiger partial charge on any atom is -0.481 e. The van der Waals surface area contributed by atoms with Gasteiger partial charge in [-0.2, -0.15) is 0 Å². The lowest BCUT2D eigenvalue weighted by Gasteiger charge is -2.18. The van der Waals surface area contributed by atoms with Crippen molar-refractivity contribution in [3.63, 3.8) is 0 Å². The van der Waals surface area contributed by atoms with Crippen molar-refractivity contribution in [3.8, 4) is 0 Å². The molecule has 0 aliphatic rings. The van der Waals surface area contributed by atoms with Crippen LogP contribution in [0.2, 0.25) is 0 Å². The van der Waals surface area contributed by atoms with Gasteiger partial charge in [0.25, 0.3) is 0 Å². The number of Topliss-reactive ketones (excluding diaryl/α,β-unsaturated/α-hetero) is 1. The van der Waals surface area contributed by atoms with Gasteiger partial charge in [-0.3, -0.25) is 9.59 Å². The molecule has 0 heterocycles. The summed E-state index contributed by atoms with van der Waals surface area (Å²) < 4.78 is -1.37. The maximum Gasteiger partial charge on any atom is 0.310 e. The van der Waals surface area contributed by atoms with Gasteiger partial charge in [-0.15, -0.1) is 0 Å². The van der Waals surface area contributed by atoms with E-state index < -0.39 is 22.5 Å². The Balaban J connectivity index is 2.72. The van der Waals surface area contributed by atoms with E-state index in [1.165, 1.54) is 0 Å². The Kier molecular flexibility index (Phi) is 4.33. The third-order valence-corrected chi connectivity index (χ3v) is 2.67. The van der Waals surface area contributed by atoms with E-state index in [-0.39, 0.29) is 6.42 Å². The highest BCUT2D eigenvalue weighted by molar-refractivity contribution is 6.48. The van der Waals surface area contributed by atoms with Gasteiger partial charge >= 0.3 is 5.97 Å². The maximum atomic E-state index is 11.3. The van der Waals surface area contributed by atoms with Gasteiger partial charge in [0, 0.05) is 6.42 Å². The molecular weight excluding hydrogens is 251 g/mol. The van der Waals surface area contributed by atoms with E-state index in [9.17, 15) is 9.59 Å². The van der Waals surface area contributed by atoms with Crippen LogP contribution >= 0.6 is 23.2 Å². The molecule has 0 saturated carbocycles. The number of carbonyl (C=O) groups is 2. The SMILES string of the molecule is O=C(O)CC(=O)CC(Cl)(Cl)c1ccccc1. The van der Waals surface area contributed by atoms with E-state index in [0.717, 1.165) is 0 Å². The minimum atomic E-state index is -1.37. The van der Waals surface area contributed by atoms with Crippen LogP contribution in [0, 0.1) is 0 Å². The molecule has 0 atom stereocenters. The van der Waals surface area contributed by atoms with Gasteiger partial charge in [-0.25, -0.2) is 0 Å². The molecule has 0 bridgehead atoms. The van der Waals surface area contributed by atoms with E-state index in [1.54, 1.807) is 30.3 Å². The first-order valence-corrected chi connectivity index (χ1v) is 5.34. The molecule has 1 aromatic rings. The number of carboxylic acids is 1. The lowest BCUT2D eigenvalue weighted by Crippen LogP contribution is -2.18. The van der Waals surface area contributed by atoms with Gasteiger partial charge in [-0.05, 0) is 5.56 Å². The highest BCUT2D eigenvalue weighted by Crippen LogP contribution is 2.37. The van der Waals surface area contributed by atoms with Gasteiger partial charge in [0.2, 0.25) is 0 Å². The van der Waals surface area contributed by atoms with E-state index >= 15 is 0 Å². The first-order chi connectivity index (χ1) is 7.42. The highest BCUT2D eigenvalue weighted by atomic mass is 35.5. The van der Waals surface area contributed by atoms with Crippen LogP contribution in [0.25, 0.3) is 0 Å². The number of halogens is 2. The standard InChI is InChI=1S/C11H10Cl2O3/c12-11(13,7-9(14)6-10(15)16)8-4-2-1-3-5-8/h1-5H,6-7H2,(H,15,16). The molecule has 0 unspecified atom stereocenters. The van der Waals surface area contributed by atoms with Crippen LogP contribution in [0.1, 0.15) is 18.4 Å². The number of benzene rings is 1. The summed E-state index contributed by atoms with van der Waals surface area (Å²) in [4.78, 5) is 21.6. The Bertz CT molecular complexity index is 387. The van der Waals surface area contributed by atoms with Crippen molar-refractivity contribution >= 4 is 35.0 Å². The Morgan fingerprint density at radius 3 is 2.25 bits per heavy atom. The third kappa shape index (κ3) is 3.83. The summed E-state index contributed by atoms with van der Waals surface area (Å²) in [5.41, 5.74) is 0.581. The van der Waals surface area contributed by atoms with Gasteiger partial charge in [-0.1, -0.05) is 53.5 Å². The normalized spacial score (nSPS) is 11.1. The monoisotopic (exact) mass is 260 g/mol. The summed E-state index contributed by atoms with van der Waals surface area (Å²) in [5, 5.41) is 8.44. The van der Waals surface area contributed by atoms with Crippen LogP contribution in [0.4, 0.5) is 0 Å². The zero-order valence-corrected chi connectivity index (χ0v) is 9.83. The van der Waals surface area contributed by atoms with Crippen molar-refractivity contribution in [3.05, 3.63) is 35.9 Å². The number of rotatable bonds is 5. The molecule has 1 aromatic carbocycles. The van der Waals surface area contributed by atoms with E-state index in [1.807, 2.05) is 0 Å². The molecule has 1 N–H and O–H groups in total. The zero-order valence-electron chi connectivity index (χ0n) is 8.32. The summed E-state index contributed by atoms with van der Waals surface area (Å²) in [6.07, 6.45) is -0.777. The van der Waals surface area contributed by atoms with Crippen LogP contribution in [0.15, 0.2) is 30.3 Å². The van der Waals surface area contributed by atoms with Gasteiger partial charge < -0.3 is 5.11 Å². The van der Waals surface area contributed by atoms with Crippen LogP contribution < -0.4 is 0 Å². The van der Waals surface area contributed by atoms with Gasteiger partial charge in [0.05, 0.1) is 0 Å². The van der Waals surface area contributed by atoms with Crippen molar-refractivity contribution < 1.29 is 14.7 Å². The average Bonchev–Trinajstić information content (AvgIpc) is 2.16. The molecule has 5 heteroatoms. The summed E-state index contributed by atoms with van der Waals surface area (Å²) in [7, 11) is 0. The number of carboxylic acid groups (broad SMARTS) is 1. The summed E-state index contributed by atoms with van der Waals surface area (Å²) in [6, 6.07) is 8.67. The number of hydrogen-bond acceptors (Lipinski definition) is 2. The average molecular weight is 261 g/mol. The summed E-state index contributed by atoms with van der Waals surface area (Å²) in [6.45, 7) is 0. The molecule has 0 aromatic heterocycles. The fourth-order valence-corrected chi connectivity index (χ4v) is 1.81. The van der Waals surface area contributed by atoms with E-state index in [0.29, 0.717) is 5.56 Å². The molecule has 0 saturated heterocycles. The quantitative estimate of drug-likeness (QED) is 0.655. The molecule has 0 radical (unpaired) electrons. The maximum absolute atomic E-state index is 11.3. The number of alkyl halides is 2. The smallest absolute Gasteiger partial charge is 0.310 e. The Morgan fingerprint density at radius 2 is 1.75 bits per heavy atom. The largest absolute Gasteiger partial charge is 0.481 e. The van der Waals surface area contributed by atoms with E-state index in [4.69, 9.17) is 28.3 Å². The fourth-order valence-electron chi connectivity index (χ4n) is 1.26. The van der Waals surface area contributed by atoms with Crippen LogP contribution in [-0.2, 0) is 13.9 Å². The lowest BCUT2D eigenvalue weighted by molar-refractivity contribution is -0.140. The summed E-state index contributed by atoms with van der Waals surface area (Å²) >= 11 is 12.0. The lowest BCUT2D eigenvalue weighted by atomic mass is 10.1. The topological polar surface area (TPSA) is 54.4 Å². The van der Waals surface area contributed by atoms with Gasteiger partial charge in [0.1, 0.15) is 16.5 Å². The molecule has 0 aliphatic carbocycles. The first-order valence-electron chi connectivity index (χ1n) is 4.58. The molecule has 86 valence electrons. The molecule has 0 spiro atoms. The highest BCUT2D eigenvalue weighted by Gasteiger charge is 2.30. The van der Waals surface area contributed by atoms with Crippen molar-refractivity contribution in [1.82, 2.24) is 0 Å². The Morgan fingerprint density at radius 1 is 1.19 bits per heavy atom. The predicted octanol–water partition coefficient (Wildman–Crippen LogP) is 2.75. The van der Waals surface area contributed by atoms with Gasteiger partial charge in [0.15, 0.2) is 0 Å². The second-order valence-electron chi connectivity index (χ2n) is 3.36. The molecule has 1 rings (SSSR count). The molecule has 3 nitrogen and oxygen atoms in total. The third-order valence-electron chi connectivity index (χ3n) is 1.96. The van der Waals surface area contributed by atoms with Crippen LogP contribution in [0.3, 0.4) is 0 Å². The fraction of sp³-hybridized carbons (Fsp3) is 0.273. The van der Waals surface area contributed by atoms with E-state index in [2.05, 4.69) is 0 Å². The van der Waals surface area contributed by atoms with Crippen molar-refractivity contribution in [1.29, 1.82) is 0 Å².